The minimum absolute atomic E-state index is 0.00717. The highest BCUT2D eigenvalue weighted by Crippen LogP contribution is 2.42. The van der Waals surface area contributed by atoms with E-state index in [0.29, 0.717) is 12.2 Å². The molecule has 0 aliphatic heterocycles. The standard InChI is InChI=1S/C19H22N2O2S/c1-14-7-2-3-8-15(14)21-18(23)17(22)20-13-19(10-4-5-11-19)16-9-6-12-24-16/h2-3,6-9,12H,4-5,10-11,13H2,1H3,(H,20,22)(H,21,23). The normalized spacial score (nSPS) is 15.9. The minimum Gasteiger partial charge on any atom is -0.347 e. The Morgan fingerprint density at radius 3 is 2.50 bits per heavy atom. The maximum absolute atomic E-state index is 12.2. The highest BCUT2D eigenvalue weighted by Gasteiger charge is 2.37. The van der Waals surface area contributed by atoms with Crippen LogP contribution >= 0.6 is 11.3 Å². The van der Waals surface area contributed by atoms with Crippen molar-refractivity contribution < 1.29 is 9.59 Å². The van der Waals surface area contributed by atoms with Gasteiger partial charge in [0.15, 0.2) is 0 Å². The van der Waals surface area contributed by atoms with Crippen LogP contribution in [0.15, 0.2) is 41.8 Å². The molecule has 1 saturated carbocycles. The maximum Gasteiger partial charge on any atom is 0.313 e. The molecule has 1 fully saturated rings. The van der Waals surface area contributed by atoms with Crippen molar-refractivity contribution in [1.29, 1.82) is 0 Å². The SMILES string of the molecule is Cc1ccccc1NC(=O)C(=O)NCC1(c2cccs2)CCCC1. The molecule has 1 aliphatic rings. The number of benzene rings is 1. The van der Waals surface area contributed by atoms with Gasteiger partial charge in [0.05, 0.1) is 0 Å². The fourth-order valence-electron chi connectivity index (χ4n) is 3.36. The minimum atomic E-state index is -0.608. The summed E-state index contributed by atoms with van der Waals surface area (Å²) in [6.07, 6.45) is 4.47. The first-order valence-corrected chi connectivity index (χ1v) is 9.17. The molecule has 2 amide bonds. The predicted molar refractivity (Wildman–Crippen MR) is 97.3 cm³/mol. The lowest BCUT2D eigenvalue weighted by Gasteiger charge is -2.28. The van der Waals surface area contributed by atoms with E-state index in [9.17, 15) is 9.59 Å². The molecule has 0 bridgehead atoms. The van der Waals surface area contributed by atoms with E-state index in [4.69, 9.17) is 0 Å². The zero-order chi connectivity index (χ0) is 17.0. The van der Waals surface area contributed by atoms with E-state index >= 15 is 0 Å². The third-order valence-electron chi connectivity index (χ3n) is 4.79. The van der Waals surface area contributed by atoms with Crippen molar-refractivity contribution in [3.8, 4) is 0 Å². The molecule has 1 heterocycles. The molecule has 1 aliphatic carbocycles. The molecule has 2 N–H and O–H groups in total. The van der Waals surface area contributed by atoms with E-state index in [-0.39, 0.29) is 5.41 Å². The predicted octanol–water partition coefficient (Wildman–Crippen LogP) is 3.62. The third kappa shape index (κ3) is 3.51. The van der Waals surface area contributed by atoms with Gasteiger partial charge < -0.3 is 10.6 Å². The lowest BCUT2D eigenvalue weighted by Crippen LogP contribution is -2.43. The van der Waals surface area contributed by atoms with Crippen molar-refractivity contribution >= 4 is 28.8 Å². The van der Waals surface area contributed by atoms with Crippen LogP contribution in [0.2, 0.25) is 0 Å². The van der Waals surface area contributed by atoms with Crippen LogP contribution in [0.4, 0.5) is 5.69 Å². The lowest BCUT2D eigenvalue weighted by atomic mass is 9.84. The number of rotatable bonds is 4. The van der Waals surface area contributed by atoms with Crippen LogP contribution in [-0.2, 0) is 15.0 Å². The van der Waals surface area contributed by atoms with Crippen LogP contribution in [0.1, 0.15) is 36.1 Å². The van der Waals surface area contributed by atoms with E-state index in [0.717, 1.165) is 18.4 Å². The number of carbonyl (C=O) groups excluding carboxylic acids is 2. The van der Waals surface area contributed by atoms with Gasteiger partial charge in [0.1, 0.15) is 0 Å². The van der Waals surface area contributed by atoms with Crippen LogP contribution in [0.3, 0.4) is 0 Å². The first-order valence-electron chi connectivity index (χ1n) is 8.29. The Labute approximate surface area is 146 Å². The average molecular weight is 342 g/mol. The summed E-state index contributed by atoms with van der Waals surface area (Å²) >= 11 is 1.73. The summed E-state index contributed by atoms with van der Waals surface area (Å²) in [4.78, 5) is 25.7. The van der Waals surface area contributed by atoms with Gasteiger partial charge in [0.25, 0.3) is 0 Å². The van der Waals surface area contributed by atoms with Crippen molar-refractivity contribution in [2.24, 2.45) is 0 Å². The van der Waals surface area contributed by atoms with Gasteiger partial charge in [0.2, 0.25) is 0 Å². The summed E-state index contributed by atoms with van der Waals surface area (Å²) in [7, 11) is 0. The number of hydrogen-bond acceptors (Lipinski definition) is 3. The highest BCUT2D eigenvalue weighted by atomic mass is 32.1. The number of hydrogen-bond donors (Lipinski definition) is 2. The van der Waals surface area contributed by atoms with Gasteiger partial charge in [0, 0.05) is 22.5 Å². The second-order valence-corrected chi connectivity index (χ2v) is 7.36. The molecule has 0 saturated heterocycles. The summed E-state index contributed by atoms with van der Waals surface area (Å²) < 4.78 is 0. The fourth-order valence-corrected chi connectivity index (χ4v) is 4.35. The number of thiophene rings is 1. The number of nitrogens with one attached hydrogen (secondary N) is 2. The molecular weight excluding hydrogens is 320 g/mol. The lowest BCUT2D eigenvalue weighted by molar-refractivity contribution is -0.136. The largest absolute Gasteiger partial charge is 0.347 e. The monoisotopic (exact) mass is 342 g/mol. The van der Waals surface area contributed by atoms with Crippen molar-refractivity contribution in [3.05, 3.63) is 52.2 Å². The Balaban J connectivity index is 1.62. The van der Waals surface area contributed by atoms with E-state index < -0.39 is 11.8 Å². The van der Waals surface area contributed by atoms with Gasteiger partial charge >= 0.3 is 11.8 Å². The second kappa shape index (κ2) is 7.18. The van der Waals surface area contributed by atoms with Gasteiger partial charge in [-0.05, 0) is 42.8 Å². The highest BCUT2D eigenvalue weighted by molar-refractivity contribution is 7.10. The van der Waals surface area contributed by atoms with Crippen LogP contribution < -0.4 is 10.6 Å². The summed E-state index contributed by atoms with van der Waals surface area (Å²) in [5.41, 5.74) is 1.60. The Morgan fingerprint density at radius 1 is 1.08 bits per heavy atom. The van der Waals surface area contributed by atoms with Gasteiger partial charge in [-0.3, -0.25) is 9.59 Å². The quantitative estimate of drug-likeness (QED) is 0.834. The van der Waals surface area contributed by atoms with Gasteiger partial charge in [-0.2, -0.15) is 0 Å². The van der Waals surface area contributed by atoms with Crippen molar-refractivity contribution in [1.82, 2.24) is 5.32 Å². The number of carbonyl (C=O) groups is 2. The van der Waals surface area contributed by atoms with Gasteiger partial charge in [-0.1, -0.05) is 37.1 Å². The Hall–Kier alpha value is -2.14. The van der Waals surface area contributed by atoms with Crippen LogP contribution in [0.5, 0.6) is 0 Å². The average Bonchev–Trinajstić information content (AvgIpc) is 3.26. The fraction of sp³-hybridized carbons (Fsp3) is 0.368. The van der Waals surface area contributed by atoms with Crippen molar-refractivity contribution in [3.63, 3.8) is 0 Å². The zero-order valence-electron chi connectivity index (χ0n) is 13.8. The number of para-hydroxylation sites is 1. The molecule has 4 nitrogen and oxygen atoms in total. The molecule has 0 atom stereocenters. The summed E-state index contributed by atoms with van der Waals surface area (Å²) in [5, 5.41) is 7.60. The number of amides is 2. The molecule has 0 unspecified atom stereocenters. The molecule has 1 aromatic carbocycles. The smallest absolute Gasteiger partial charge is 0.313 e. The number of anilines is 1. The third-order valence-corrected chi connectivity index (χ3v) is 5.91. The van der Waals surface area contributed by atoms with E-state index in [2.05, 4.69) is 22.1 Å². The first-order chi connectivity index (χ1) is 11.6. The molecule has 126 valence electrons. The molecule has 2 aromatic rings. The van der Waals surface area contributed by atoms with Crippen LogP contribution in [-0.4, -0.2) is 18.4 Å². The van der Waals surface area contributed by atoms with Crippen molar-refractivity contribution in [2.45, 2.75) is 38.0 Å². The second-order valence-electron chi connectivity index (χ2n) is 6.42. The van der Waals surface area contributed by atoms with E-state index in [1.807, 2.05) is 31.2 Å². The Kier molecular flexibility index (Phi) is 5.00. The zero-order valence-corrected chi connectivity index (χ0v) is 14.6. The summed E-state index contributed by atoms with van der Waals surface area (Å²) in [6, 6.07) is 11.6. The topological polar surface area (TPSA) is 58.2 Å². The van der Waals surface area contributed by atoms with Gasteiger partial charge in [-0.15, -0.1) is 11.3 Å². The summed E-state index contributed by atoms with van der Waals surface area (Å²) in [5.74, 6) is -1.18. The molecular formula is C19H22N2O2S. The van der Waals surface area contributed by atoms with Gasteiger partial charge in [-0.25, -0.2) is 0 Å². The Bertz CT molecular complexity index is 719. The number of aryl methyl sites for hydroxylation is 1. The van der Waals surface area contributed by atoms with E-state index in [1.54, 1.807) is 17.4 Å². The van der Waals surface area contributed by atoms with E-state index in [1.165, 1.54) is 17.7 Å². The molecule has 1 aromatic heterocycles. The molecule has 5 heteroatoms. The maximum atomic E-state index is 12.2. The molecule has 0 spiro atoms. The Morgan fingerprint density at radius 2 is 1.83 bits per heavy atom. The summed E-state index contributed by atoms with van der Waals surface area (Å²) in [6.45, 7) is 2.42. The molecule has 3 rings (SSSR count). The van der Waals surface area contributed by atoms with Crippen LogP contribution in [0.25, 0.3) is 0 Å². The molecule has 24 heavy (non-hydrogen) atoms. The van der Waals surface area contributed by atoms with Crippen molar-refractivity contribution in [2.75, 3.05) is 11.9 Å². The van der Waals surface area contributed by atoms with Crippen LogP contribution in [0, 0.1) is 6.92 Å². The first kappa shape index (κ1) is 16.7. The molecule has 0 radical (unpaired) electrons.